The number of hydrogen-bond donors (Lipinski definition) is 0. The molecule has 2 saturated carbocycles. The second kappa shape index (κ2) is 4.04. The molecule has 0 radical (unpaired) electrons. The number of benzene rings is 1. The van der Waals surface area contributed by atoms with E-state index in [4.69, 9.17) is 4.74 Å². The van der Waals surface area contributed by atoms with Gasteiger partial charge in [-0.25, -0.2) is 0 Å². The van der Waals surface area contributed by atoms with Gasteiger partial charge in [-0.1, -0.05) is 51.1 Å². The molecule has 2 bridgehead atoms. The van der Waals surface area contributed by atoms with Gasteiger partial charge in [-0.05, 0) is 36.2 Å². The second-order valence-corrected chi connectivity index (χ2v) is 9.04. The van der Waals surface area contributed by atoms with Crippen LogP contribution in [0.4, 0.5) is 0 Å². The average Bonchev–Trinajstić information content (AvgIpc) is 3.01. The summed E-state index contributed by atoms with van der Waals surface area (Å²) in [6.07, 6.45) is 3.98. The van der Waals surface area contributed by atoms with Crippen LogP contribution >= 0.6 is 11.8 Å². The Bertz CT molecular complexity index is 525. The van der Waals surface area contributed by atoms with E-state index in [0.29, 0.717) is 16.1 Å². The fourth-order valence-corrected chi connectivity index (χ4v) is 6.87. The molecule has 4 rings (SSSR count). The molecule has 0 amide bonds. The van der Waals surface area contributed by atoms with E-state index in [0.717, 1.165) is 12.5 Å². The molecule has 0 aromatic heterocycles. The van der Waals surface area contributed by atoms with Crippen molar-refractivity contribution in [2.24, 2.45) is 16.7 Å². The summed E-state index contributed by atoms with van der Waals surface area (Å²) in [4.78, 5) is 0.0694. The predicted molar refractivity (Wildman–Crippen MR) is 84.7 cm³/mol. The summed E-state index contributed by atoms with van der Waals surface area (Å²) in [5, 5.41) is 0.517. The fraction of sp³-hybridized carbons (Fsp3) is 0.667. The van der Waals surface area contributed by atoms with Gasteiger partial charge in [-0.15, -0.1) is 11.8 Å². The van der Waals surface area contributed by atoms with Crippen LogP contribution in [0.5, 0.6) is 0 Å². The Labute approximate surface area is 126 Å². The highest BCUT2D eigenvalue weighted by atomic mass is 32.2. The summed E-state index contributed by atoms with van der Waals surface area (Å²) < 4.78 is 6.50. The van der Waals surface area contributed by atoms with Gasteiger partial charge in [0.2, 0.25) is 0 Å². The average molecular weight is 288 g/mol. The van der Waals surface area contributed by atoms with Crippen molar-refractivity contribution in [1.82, 2.24) is 0 Å². The molecule has 2 aliphatic carbocycles. The third-order valence-electron chi connectivity index (χ3n) is 6.76. The van der Waals surface area contributed by atoms with Crippen molar-refractivity contribution in [2.45, 2.75) is 50.2 Å². The van der Waals surface area contributed by atoms with Crippen LogP contribution in [0, 0.1) is 16.7 Å². The Hall–Kier alpha value is -0.470. The first-order valence-corrected chi connectivity index (χ1v) is 8.73. The maximum Gasteiger partial charge on any atom is 0.120 e. The largest absolute Gasteiger partial charge is 0.362 e. The smallest absolute Gasteiger partial charge is 0.120 e. The molecular formula is C18H24OS. The third kappa shape index (κ3) is 1.45. The molecule has 1 spiro atoms. The Morgan fingerprint density at radius 3 is 2.50 bits per heavy atom. The molecular weight excluding hydrogens is 264 g/mol. The van der Waals surface area contributed by atoms with Crippen molar-refractivity contribution in [3.8, 4) is 0 Å². The van der Waals surface area contributed by atoms with Crippen LogP contribution in [-0.2, 0) is 4.74 Å². The van der Waals surface area contributed by atoms with Crippen molar-refractivity contribution < 1.29 is 4.74 Å². The first-order valence-electron chi connectivity index (χ1n) is 7.85. The highest BCUT2D eigenvalue weighted by Crippen LogP contribution is 2.76. The maximum absolute atomic E-state index is 6.50. The monoisotopic (exact) mass is 288 g/mol. The SMILES string of the molecule is CC1(C)[C@@H]2CC[C@@]1(C)[C@]1(C2)OC[C@H](c2ccccc2)S1. The van der Waals surface area contributed by atoms with Crippen molar-refractivity contribution in [3.63, 3.8) is 0 Å². The summed E-state index contributed by atoms with van der Waals surface area (Å²) in [5.41, 5.74) is 2.18. The van der Waals surface area contributed by atoms with Crippen LogP contribution in [0.15, 0.2) is 30.3 Å². The molecule has 0 unspecified atom stereocenters. The van der Waals surface area contributed by atoms with Crippen LogP contribution in [-0.4, -0.2) is 11.5 Å². The Balaban J connectivity index is 1.66. The minimum atomic E-state index is 0.0694. The lowest BCUT2D eigenvalue weighted by atomic mass is 9.69. The lowest BCUT2D eigenvalue weighted by Crippen LogP contribution is -2.44. The zero-order valence-electron chi connectivity index (χ0n) is 12.7. The first-order chi connectivity index (χ1) is 9.49. The van der Waals surface area contributed by atoms with E-state index in [9.17, 15) is 0 Å². The van der Waals surface area contributed by atoms with Gasteiger partial charge in [0.1, 0.15) is 4.93 Å². The van der Waals surface area contributed by atoms with Crippen LogP contribution in [0.2, 0.25) is 0 Å². The maximum atomic E-state index is 6.50. The van der Waals surface area contributed by atoms with Crippen molar-refractivity contribution in [3.05, 3.63) is 35.9 Å². The van der Waals surface area contributed by atoms with Gasteiger partial charge in [0.05, 0.1) is 11.9 Å². The Kier molecular flexibility index (Phi) is 2.67. The molecule has 4 atom stereocenters. The molecule has 1 heterocycles. The van der Waals surface area contributed by atoms with Gasteiger partial charge in [-0.3, -0.25) is 0 Å². The third-order valence-corrected chi connectivity index (χ3v) is 8.57. The number of fused-ring (bicyclic) bond motifs is 3. The van der Waals surface area contributed by atoms with E-state index in [1.165, 1.54) is 24.8 Å². The summed E-state index contributed by atoms with van der Waals surface area (Å²) in [7, 11) is 0. The van der Waals surface area contributed by atoms with Crippen molar-refractivity contribution in [1.29, 1.82) is 0 Å². The van der Waals surface area contributed by atoms with Crippen LogP contribution in [0.3, 0.4) is 0 Å². The number of hydrogen-bond acceptors (Lipinski definition) is 2. The second-order valence-electron chi connectivity index (χ2n) is 7.57. The molecule has 108 valence electrons. The molecule has 2 heteroatoms. The molecule has 3 aliphatic rings. The molecule has 0 N–H and O–H groups in total. The van der Waals surface area contributed by atoms with E-state index in [1.807, 2.05) is 0 Å². The van der Waals surface area contributed by atoms with Crippen LogP contribution < -0.4 is 0 Å². The summed E-state index contributed by atoms with van der Waals surface area (Å²) in [6.45, 7) is 8.31. The molecule has 1 aromatic carbocycles. The topological polar surface area (TPSA) is 9.23 Å². The van der Waals surface area contributed by atoms with E-state index in [1.54, 1.807) is 0 Å². The molecule has 1 aliphatic heterocycles. The van der Waals surface area contributed by atoms with E-state index >= 15 is 0 Å². The van der Waals surface area contributed by atoms with Gasteiger partial charge in [0.25, 0.3) is 0 Å². The minimum absolute atomic E-state index is 0.0694. The lowest BCUT2D eigenvalue weighted by molar-refractivity contribution is -0.0592. The zero-order chi connectivity index (χ0) is 14.0. The molecule has 20 heavy (non-hydrogen) atoms. The number of ether oxygens (including phenoxy) is 1. The molecule has 3 fully saturated rings. The zero-order valence-corrected chi connectivity index (χ0v) is 13.5. The fourth-order valence-electron chi connectivity index (χ4n) is 4.92. The van der Waals surface area contributed by atoms with Crippen molar-refractivity contribution >= 4 is 11.8 Å². The van der Waals surface area contributed by atoms with Crippen LogP contribution in [0.1, 0.15) is 50.8 Å². The Morgan fingerprint density at radius 1 is 1.15 bits per heavy atom. The summed E-state index contributed by atoms with van der Waals surface area (Å²) >= 11 is 2.12. The van der Waals surface area contributed by atoms with E-state index in [2.05, 4.69) is 62.9 Å². The number of rotatable bonds is 1. The first kappa shape index (κ1) is 13.2. The van der Waals surface area contributed by atoms with Gasteiger partial charge in [0.15, 0.2) is 0 Å². The summed E-state index contributed by atoms with van der Waals surface area (Å²) in [6, 6.07) is 10.9. The highest BCUT2D eigenvalue weighted by Gasteiger charge is 2.71. The van der Waals surface area contributed by atoms with E-state index < -0.39 is 0 Å². The molecule has 1 aromatic rings. The van der Waals surface area contributed by atoms with Crippen LogP contribution in [0.25, 0.3) is 0 Å². The van der Waals surface area contributed by atoms with E-state index in [-0.39, 0.29) is 4.93 Å². The van der Waals surface area contributed by atoms with Gasteiger partial charge < -0.3 is 4.74 Å². The standard InChI is InChI=1S/C18H24OS/c1-16(2)14-9-10-17(16,3)18(11-14)19-12-15(20-18)13-7-5-4-6-8-13/h4-8,14-15H,9-12H2,1-3H3/t14-,15-,17-,18-/m1/s1. The van der Waals surface area contributed by atoms with Gasteiger partial charge in [-0.2, -0.15) is 0 Å². The van der Waals surface area contributed by atoms with Crippen molar-refractivity contribution in [2.75, 3.05) is 6.61 Å². The van der Waals surface area contributed by atoms with Gasteiger partial charge in [0, 0.05) is 5.41 Å². The minimum Gasteiger partial charge on any atom is -0.362 e. The molecule has 1 nitrogen and oxygen atoms in total. The molecule has 1 saturated heterocycles. The quantitative estimate of drug-likeness (QED) is 0.716. The summed E-state index contributed by atoms with van der Waals surface area (Å²) in [5.74, 6) is 0.842. The Morgan fingerprint density at radius 2 is 1.90 bits per heavy atom. The van der Waals surface area contributed by atoms with Gasteiger partial charge >= 0.3 is 0 Å². The predicted octanol–water partition coefficient (Wildman–Crippen LogP) is 5.03. The highest BCUT2D eigenvalue weighted by molar-refractivity contribution is 8.01. The normalized spacial score (nSPS) is 45.4. The lowest BCUT2D eigenvalue weighted by Gasteiger charge is -2.45. The number of thioether (sulfide) groups is 1.